The molecule has 2 aliphatic carbocycles. The third-order valence-electron chi connectivity index (χ3n) is 6.23. The standard InChI is InChI=1S/C22H30BN5O3/c1-22(2)18-19(25-12-26-21(18)24)16-10-9-15(11-17(16)20(22)28-30-4)31-14-7-5-13(6-8-14)27-23(3)29/h9-14,27,29H,5-8H2,1-4H3,(H2,24,25,26)/b28-20+/t13-,14-. The monoisotopic (exact) mass is 423 g/mol. The Labute approximate surface area is 183 Å². The number of nitrogens with two attached hydrogens (primary N) is 1. The molecule has 1 saturated carbocycles. The van der Waals surface area contributed by atoms with Crippen molar-refractivity contribution in [3.63, 3.8) is 0 Å². The molecule has 4 N–H and O–H groups in total. The van der Waals surface area contributed by atoms with Crippen molar-refractivity contribution in [2.45, 2.75) is 63.9 Å². The second-order valence-electron chi connectivity index (χ2n) is 8.87. The number of rotatable bonds is 5. The van der Waals surface area contributed by atoms with Gasteiger partial charge in [-0.1, -0.05) is 5.16 Å². The highest BCUT2D eigenvalue weighted by Crippen LogP contribution is 2.45. The number of nitrogens with zero attached hydrogens (tertiary/aromatic N) is 3. The van der Waals surface area contributed by atoms with E-state index in [0.717, 1.165) is 59.5 Å². The number of aromatic nitrogens is 2. The molecule has 2 aliphatic rings. The molecule has 0 saturated heterocycles. The zero-order valence-corrected chi connectivity index (χ0v) is 18.6. The predicted octanol–water partition coefficient (Wildman–Crippen LogP) is 2.76. The molecule has 0 bridgehead atoms. The first-order chi connectivity index (χ1) is 14.8. The molecule has 0 spiro atoms. The summed E-state index contributed by atoms with van der Waals surface area (Å²) in [5.41, 5.74) is 10.0. The van der Waals surface area contributed by atoms with Crippen LogP contribution in [0.3, 0.4) is 0 Å². The first-order valence-corrected chi connectivity index (χ1v) is 10.8. The molecule has 1 heterocycles. The summed E-state index contributed by atoms with van der Waals surface area (Å²) < 4.78 is 6.34. The smallest absolute Gasteiger partial charge is 0.373 e. The number of fused-ring (bicyclic) bond motifs is 3. The van der Waals surface area contributed by atoms with Gasteiger partial charge in [-0.05, 0) is 70.6 Å². The fraction of sp³-hybridized carbons (Fsp3) is 0.500. The molecule has 0 aliphatic heterocycles. The Morgan fingerprint density at radius 2 is 1.94 bits per heavy atom. The summed E-state index contributed by atoms with van der Waals surface area (Å²) in [5.74, 6) is 1.25. The molecule has 0 unspecified atom stereocenters. The van der Waals surface area contributed by atoms with E-state index in [1.54, 1.807) is 13.9 Å². The van der Waals surface area contributed by atoms with Gasteiger partial charge in [0.15, 0.2) is 0 Å². The number of oxime groups is 1. The number of nitrogens with one attached hydrogen (secondary N) is 1. The maximum absolute atomic E-state index is 9.54. The molecule has 0 radical (unpaired) electrons. The summed E-state index contributed by atoms with van der Waals surface area (Å²) in [6, 6.07) is 6.35. The van der Waals surface area contributed by atoms with Crippen molar-refractivity contribution in [3.8, 4) is 17.0 Å². The van der Waals surface area contributed by atoms with Crippen LogP contribution in [-0.4, -0.2) is 47.0 Å². The second kappa shape index (κ2) is 8.47. The molecule has 1 fully saturated rings. The van der Waals surface area contributed by atoms with Crippen molar-refractivity contribution in [1.82, 2.24) is 15.2 Å². The summed E-state index contributed by atoms with van der Waals surface area (Å²) in [7, 11) is 1.06. The van der Waals surface area contributed by atoms with Gasteiger partial charge in [-0.3, -0.25) is 0 Å². The average Bonchev–Trinajstić information content (AvgIpc) is 2.72. The molecule has 8 nitrogen and oxygen atoms in total. The van der Waals surface area contributed by atoms with E-state index in [9.17, 15) is 5.02 Å². The summed E-state index contributed by atoms with van der Waals surface area (Å²) in [5, 5.41) is 17.1. The van der Waals surface area contributed by atoms with Crippen LogP contribution in [0.15, 0.2) is 29.7 Å². The zero-order chi connectivity index (χ0) is 22.2. The first-order valence-electron chi connectivity index (χ1n) is 10.8. The number of hydrogen-bond acceptors (Lipinski definition) is 8. The lowest BCUT2D eigenvalue weighted by Gasteiger charge is -2.35. The Morgan fingerprint density at radius 3 is 2.61 bits per heavy atom. The van der Waals surface area contributed by atoms with Crippen molar-refractivity contribution in [2.24, 2.45) is 5.16 Å². The van der Waals surface area contributed by atoms with Crippen LogP contribution >= 0.6 is 0 Å². The molecule has 0 amide bonds. The van der Waals surface area contributed by atoms with Crippen molar-refractivity contribution in [1.29, 1.82) is 0 Å². The minimum absolute atomic E-state index is 0.148. The Hall–Kier alpha value is -2.65. The molecule has 1 aromatic carbocycles. The average molecular weight is 423 g/mol. The lowest BCUT2D eigenvalue weighted by Crippen LogP contribution is -2.43. The fourth-order valence-corrected chi connectivity index (χ4v) is 4.81. The topological polar surface area (TPSA) is 115 Å². The molecule has 9 heteroatoms. The summed E-state index contributed by atoms with van der Waals surface area (Å²) >= 11 is 0. The number of benzene rings is 1. The normalized spacial score (nSPS) is 23.1. The van der Waals surface area contributed by atoms with Crippen LogP contribution in [0, 0.1) is 0 Å². The van der Waals surface area contributed by atoms with Gasteiger partial charge in [-0.25, -0.2) is 9.97 Å². The van der Waals surface area contributed by atoms with Gasteiger partial charge >= 0.3 is 7.05 Å². The quantitative estimate of drug-likeness (QED) is 0.500. The SMILES string of the molecule is CO/N=C1\c2cc(O[C@H]3CC[C@H](NB(C)O)CC3)ccc2-c2ncnc(N)c2C1(C)C. The van der Waals surface area contributed by atoms with Gasteiger partial charge in [0.1, 0.15) is 25.0 Å². The Balaban J connectivity index is 1.63. The van der Waals surface area contributed by atoms with Crippen LogP contribution in [0.25, 0.3) is 11.3 Å². The van der Waals surface area contributed by atoms with E-state index in [-0.39, 0.29) is 6.10 Å². The third kappa shape index (κ3) is 4.12. The Morgan fingerprint density at radius 1 is 1.19 bits per heavy atom. The van der Waals surface area contributed by atoms with E-state index in [4.69, 9.17) is 15.3 Å². The molecule has 4 rings (SSSR count). The molecule has 0 atom stereocenters. The summed E-state index contributed by atoms with van der Waals surface area (Å²) in [4.78, 5) is 13.9. The van der Waals surface area contributed by atoms with Gasteiger partial charge in [0.2, 0.25) is 0 Å². The fourth-order valence-electron chi connectivity index (χ4n) is 4.81. The van der Waals surface area contributed by atoms with E-state index >= 15 is 0 Å². The minimum atomic E-state index is -0.521. The predicted molar refractivity (Wildman–Crippen MR) is 122 cm³/mol. The van der Waals surface area contributed by atoms with Crippen LogP contribution in [-0.2, 0) is 10.3 Å². The van der Waals surface area contributed by atoms with Crippen molar-refractivity contribution < 1.29 is 14.6 Å². The third-order valence-corrected chi connectivity index (χ3v) is 6.23. The largest absolute Gasteiger partial charge is 0.490 e. The highest BCUT2D eigenvalue weighted by molar-refractivity contribution is 6.45. The Bertz CT molecular complexity index is 987. The highest BCUT2D eigenvalue weighted by Gasteiger charge is 2.41. The van der Waals surface area contributed by atoms with Gasteiger partial charge in [0, 0.05) is 22.1 Å². The van der Waals surface area contributed by atoms with Gasteiger partial charge in [0.25, 0.3) is 0 Å². The molecule has 31 heavy (non-hydrogen) atoms. The second-order valence-corrected chi connectivity index (χ2v) is 8.87. The van der Waals surface area contributed by atoms with Crippen LogP contribution in [0.4, 0.5) is 5.82 Å². The molecule has 2 aromatic rings. The van der Waals surface area contributed by atoms with Crippen molar-refractivity contribution in [3.05, 3.63) is 35.7 Å². The van der Waals surface area contributed by atoms with E-state index < -0.39 is 12.5 Å². The van der Waals surface area contributed by atoms with Gasteiger partial charge in [-0.2, -0.15) is 0 Å². The van der Waals surface area contributed by atoms with Crippen LogP contribution in [0.1, 0.15) is 50.7 Å². The van der Waals surface area contributed by atoms with Crippen LogP contribution < -0.4 is 15.7 Å². The molecule has 1 aromatic heterocycles. The number of hydrogen-bond donors (Lipinski definition) is 3. The number of ether oxygens (including phenoxy) is 1. The van der Waals surface area contributed by atoms with Gasteiger partial charge in [-0.15, -0.1) is 0 Å². The van der Waals surface area contributed by atoms with Gasteiger partial charge < -0.3 is 25.6 Å². The van der Waals surface area contributed by atoms with E-state index in [0.29, 0.717) is 11.9 Å². The highest BCUT2D eigenvalue weighted by atomic mass is 16.6. The number of nitrogen functional groups attached to an aromatic ring is 1. The summed E-state index contributed by atoms with van der Waals surface area (Å²) in [6.07, 6.45) is 5.49. The first kappa shape index (κ1) is 21.6. The summed E-state index contributed by atoms with van der Waals surface area (Å²) in [6.45, 7) is 5.86. The van der Waals surface area contributed by atoms with Gasteiger partial charge in [0.05, 0.1) is 17.5 Å². The molecule has 164 valence electrons. The number of anilines is 1. The molecular weight excluding hydrogens is 393 g/mol. The van der Waals surface area contributed by atoms with Crippen LogP contribution in [0.5, 0.6) is 5.75 Å². The van der Waals surface area contributed by atoms with E-state index in [1.807, 2.05) is 18.2 Å². The van der Waals surface area contributed by atoms with E-state index in [1.165, 1.54) is 6.33 Å². The Kier molecular flexibility index (Phi) is 5.90. The maximum atomic E-state index is 9.54. The van der Waals surface area contributed by atoms with E-state index in [2.05, 4.69) is 34.2 Å². The minimum Gasteiger partial charge on any atom is -0.490 e. The van der Waals surface area contributed by atoms with Crippen molar-refractivity contribution in [2.75, 3.05) is 12.8 Å². The van der Waals surface area contributed by atoms with Crippen LogP contribution in [0.2, 0.25) is 6.82 Å². The lowest BCUT2D eigenvalue weighted by atomic mass is 9.70. The maximum Gasteiger partial charge on any atom is 0.373 e. The zero-order valence-electron chi connectivity index (χ0n) is 18.6. The van der Waals surface area contributed by atoms with Crippen molar-refractivity contribution >= 4 is 18.6 Å². The lowest BCUT2D eigenvalue weighted by molar-refractivity contribution is 0.143. The molecular formula is C22H30BN5O3.